The van der Waals surface area contributed by atoms with Crippen molar-refractivity contribution in [3.8, 4) is 11.1 Å². The van der Waals surface area contributed by atoms with Crippen LogP contribution < -0.4 is 5.32 Å². The van der Waals surface area contributed by atoms with E-state index in [0.29, 0.717) is 36.6 Å². The summed E-state index contributed by atoms with van der Waals surface area (Å²) in [5.74, 6) is -0.478. The predicted octanol–water partition coefficient (Wildman–Crippen LogP) is 3.12. The Balaban J connectivity index is 1.59. The monoisotopic (exact) mass is 467 g/mol. The molecule has 1 saturated heterocycles. The van der Waals surface area contributed by atoms with Crippen LogP contribution in [-0.4, -0.2) is 70.3 Å². The first kappa shape index (κ1) is 25.4. The van der Waals surface area contributed by atoms with Crippen LogP contribution in [0.5, 0.6) is 0 Å². The molecule has 8 nitrogen and oxygen atoms in total. The number of rotatable bonds is 8. The Morgan fingerprint density at radius 3 is 2.15 bits per heavy atom. The Labute approximate surface area is 200 Å². The van der Waals surface area contributed by atoms with Gasteiger partial charge in [0.1, 0.15) is 6.29 Å². The van der Waals surface area contributed by atoms with Gasteiger partial charge in [0.25, 0.3) is 5.91 Å². The number of amides is 3. The van der Waals surface area contributed by atoms with Crippen LogP contribution in [0.15, 0.2) is 48.5 Å². The molecule has 2 aromatic rings. The summed E-state index contributed by atoms with van der Waals surface area (Å²) in [5, 5.41) is 23.7. The lowest BCUT2D eigenvalue weighted by Crippen LogP contribution is -2.53. The number of hydrogen-bond acceptors (Lipinski definition) is 5. The zero-order chi connectivity index (χ0) is 24.7. The highest BCUT2D eigenvalue weighted by atomic mass is 16.5. The molecule has 0 radical (unpaired) electrons. The van der Waals surface area contributed by atoms with Gasteiger partial charge in [-0.05, 0) is 55.0 Å². The quantitative estimate of drug-likeness (QED) is 0.314. The average Bonchev–Trinajstić information content (AvgIpc) is 2.87. The molecule has 0 aliphatic carbocycles. The topological polar surface area (TPSA) is 110 Å². The third kappa shape index (κ3) is 6.42. The fraction of sp³-hybridized carbons (Fsp3) is 0.423. The molecule has 182 valence electrons. The van der Waals surface area contributed by atoms with E-state index in [1.54, 1.807) is 12.1 Å². The van der Waals surface area contributed by atoms with E-state index < -0.39 is 24.1 Å². The summed E-state index contributed by atoms with van der Waals surface area (Å²) >= 11 is 0. The molecule has 1 heterocycles. The van der Waals surface area contributed by atoms with Crippen molar-refractivity contribution in [3.05, 3.63) is 59.7 Å². The van der Waals surface area contributed by atoms with Crippen molar-refractivity contribution >= 4 is 18.2 Å². The van der Waals surface area contributed by atoms with Gasteiger partial charge in [-0.3, -0.25) is 10.0 Å². The van der Waals surface area contributed by atoms with Crippen molar-refractivity contribution in [1.29, 1.82) is 0 Å². The SMILES string of the molecule is CCc1ccc(-c2ccc(C(=O)N[C@H](CN(O)C(=O)N3CCC(C=O)CC3)[C@@H](C)O)cc2)cc1. The zero-order valence-corrected chi connectivity index (χ0v) is 19.7. The first-order chi connectivity index (χ1) is 16.3. The number of benzene rings is 2. The molecule has 2 atom stereocenters. The third-order valence-corrected chi connectivity index (χ3v) is 6.33. The molecule has 3 N–H and O–H groups in total. The number of hydrogen-bond donors (Lipinski definition) is 3. The predicted molar refractivity (Wildman–Crippen MR) is 128 cm³/mol. The molecule has 8 heteroatoms. The van der Waals surface area contributed by atoms with E-state index in [1.807, 2.05) is 24.3 Å². The molecule has 2 aromatic carbocycles. The van der Waals surface area contributed by atoms with E-state index in [0.717, 1.165) is 23.8 Å². The zero-order valence-electron chi connectivity index (χ0n) is 19.7. The summed E-state index contributed by atoms with van der Waals surface area (Å²) < 4.78 is 0. The molecule has 3 amide bonds. The Morgan fingerprint density at radius 1 is 1.09 bits per heavy atom. The smallest absolute Gasteiger partial charge is 0.343 e. The van der Waals surface area contributed by atoms with Crippen molar-refractivity contribution < 1.29 is 24.7 Å². The van der Waals surface area contributed by atoms with Gasteiger partial charge in [0.05, 0.1) is 18.7 Å². The number of hydroxylamine groups is 2. The molecule has 1 aliphatic rings. The molecule has 0 saturated carbocycles. The van der Waals surface area contributed by atoms with E-state index in [1.165, 1.54) is 17.4 Å². The largest absolute Gasteiger partial charge is 0.391 e. The molecule has 34 heavy (non-hydrogen) atoms. The average molecular weight is 468 g/mol. The highest BCUT2D eigenvalue weighted by Crippen LogP contribution is 2.21. The molecule has 1 aliphatic heterocycles. The Bertz CT molecular complexity index is 967. The first-order valence-electron chi connectivity index (χ1n) is 11.7. The summed E-state index contributed by atoms with van der Waals surface area (Å²) in [6.45, 7) is 4.07. The fourth-order valence-corrected chi connectivity index (χ4v) is 3.97. The molecular weight excluding hydrogens is 434 g/mol. The highest BCUT2D eigenvalue weighted by molar-refractivity contribution is 5.95. The van der Waals surface area contributed by atoms with Crippen molar-refractivity contribution in [3.63, 3.8) is 0 Å². The molecule has 0 bridgehead atoms. The van der Waals surface area contributed by atoms with E-state index in [-0.39, 0.29) is 12.5 Å². The van der Waals surface area contributed by atoms with Crippen molar-refractivity contribution in [2.24, 2.45) is 5.92 Å². The fourth-order valence-electron chi connectivity index (χ4n) is 3.97. The normalized spacial score (nSPS) is 15.9. The first-order valence-corrected chi connectivity index (χ1v) is 11.7. The maximum atomic E-state index is 12.8. The van der Waals surface area contributed by atoms with Crippen molar-refractivity contribution in [2.75, 3.05) is 19.6 Å². The number of aryl methyl sites for hydroxylation is 1. The minimum absolute atomic E-state index is 0.0669. The van der Waals surface area contributed by atoms with Crippen LogP contribution in [0.4, 0.5) is 4.79 Å². The third-order valence-electron chi connectivity index (χ3n) is 6.33. The van der Waals surface area contributed by atoms with Gasteiger partial charge < -0.3 is 20.1 Å². The van der Waals surface area contributed by atoms with E-state index in [2.05, 4.69) is 24.4 Å². The standard InChI is InChI=1S/C26H33N3O5/c1-3-19-4-6-21(7-5-19)22-8-10-23(11-9-22)25(32)27-24(18(2)31)16-29(34)26(33)28-14-12-20(17-30)13-15-28/h4-11,17-18,20,24,31,34H,3,12-16H2,1-2H3,(H,27,32)/t18-,24-/m1/s1. The summed E-state index contributed by atoms with van der Waals surface area (Å²) in [6.07, 6.45) is 1.98. The van der Waals surface area contributed by atoms with Crippen LogP contribution in [0, 0.1) is 5.92 Å². The summed E-state index contributed by atoms with van der Waals surface area (Å²) in [6, 6.07) is 13.9. The summed E-state index contributed by atoms with van der Waals surface area (Å²) in [5.41, 5.74) is 3.70. The number of aldehydes is 1. The van der Waals surface area contributed by atoms with Crippen LogP contribution in [0.1, 0.15) is 42.6 Å². The van der Waals surface area contributed by atoms with Crippen molar-refractivity contribution in [2.45, 2.75) is 45.3 Å². The van der Waals surface area contributed by atoms with Crippen LogP contribution in [-0.2, 0) is 11.2 Å². The number of nitrogens with one attached hydrogen (secondary N) is 1. The van der Waals surface area contributed by atoms with Gasteiger partial charge in [-0.1, -0.05) is 43.3 Å². The van der Waals surface area contributed by atoms with Crippen LogP contribution >= 0.6 is 0 Å². The molecule has 0 spiro atoms. The van der Waals surface area contributed by atoms with Gasteiger partial charge in [-0.25, -0.2) is 9.86 Å². The molecule has 0 aromatic heterocycles. The second-order valence-electron chi connectivity index (χ2n) is 8.77. The van der Waals surface area contributed by atoms with Gasteiger partial charge in [0, 0.05) is 24.6 Å². The number of aliphatic hydroxyl groups excluding tert-OH is 1. The maximum absolute atomic E-state index is 12.8. The highest BCUT2D eigenvalue weighted by Gasteiger charge is 2.29. The number of likely N-dealkylation sites (tertiary alicyclic amines) is 1. The second-order valence-corrected chi connectivity index (χ2v) is 8.77. The number of carbonyl (C=O) groups is 3. The van der Waals surface area contributed by atoms with Crippen LogP contribution in [0.3, 0.4) is 0 Å². The number of aliphatic hydroxyl groups is 1. The summed E-state index contributed by atoms with van der Waals surface area (Å²) in [4.78, 5) is 37.7. The van der Waals surface area contributed by atoms with Gasteiger partial charge >= 0.3 is 6.03 Å². The van der Waals surface area contributed by atoms with E-state index in [4.69, 9.17) is 0 Å². The lowest BCUT2D eigenvalue weighted by atomic mass is 9.99. The Morgan fingerprint density at radius 2 is 1.65 bits per heavy atom. The maximum Gasteiger partial charge on any atom is 0.343 e. The Kier molecular flexibility index (Phi) is 8.79. The van der Waals surface area contributed by atoms with E-state index >= 15 is 0 Å². The molecule has 3 rings (SSSR count). The lowest BCUT2D eigenvalue weighted by molar-refractivity contribution is -0.112. The van der Waals surface area contributed by atoms with Gasteiger partial charge in [-0.2, -0.15) is 0 Å². The minimum atomic E-state index is -0.997. The van der Waals surface area contributed by atoms with Gasteiger partial charge in [0.2, 0.25) is 0 Å². The number of urea groups is 1. The molecule has 0 unspecified atom stereocenters. The molecular formula is C26H33N3O5. The second kappa shape index (κ2) is 11.8. The van der Waals surface area contributed by atoms with Crippen LogP contribution in [0.25, 0.3) is 11.1 Å². The number of carbonyl (C=O) groups excluding carboxylic acids is 3. The lowest BCUT2D eigenvalue weighted by Gasteiger charge is -2.33. The number of piperidine rings is 1. The van der Waals surface area contributed by atoms with E-state index in [9.17, 15) is 24.7 Å². The van der Waals surface area contributed by atoms with Gasteiger partial charge in [-0.15, -0.1) is 0 Å². The summed E-state index contributed by atoms with van der Waals surface area (Å²) in [7, 11) is 0. The molecule has 1 fully saturated rings. The minimum Gasteiger partial charge on any atom is -0.391 e. The van der Waals surface area contributed by atoms with Gasteiger partial charge in [0.15, 0.2) is 0 Å². The Hall–Kier alpha value is -3.23. The number of nitrogens with zero attached hydrogens (tertiary/aromatic N) is 2. The van der Waals surface area contributed by atoms with Crippen LogP contribution in [0.2, 0.25) is 0 Å². The van der Waals surface area contributed by atoms with Crippen molar-refractivity contribution in [1.82, 2.24) is 15.3 Å².